The Labute approximate surface area is 119 Å². The van der Waals surface area contributed by atoms with Crippen molar-refractivity contribution in [2.24, 2.45) is 0 Å². The fourth-order valence-corrected chi connectivity index (χ4v) is 2.86. The number of nitrogens with one attached hydrogen (secondary N) is 1. The minimum absolute atomic E-state index is 0.0642. The first-order chi connectivity index (χ1) is 9.77. The quantitative estimate of drug-likeness (QED) is 0.894. The van der Waals surface area contributed by atoms with Crippen molar-refractivity contribution in [3.05, 3.63) is 47.8 Å². The van der Waals surface area contributed by atoms with Crippen molar-refractivity contribution < 1.29 is 4.79 Å². The minimum atomic E-state index is 0.0642. The number of hydrogen-bond donors (Lipinski definition) is 1. The molecule has 2 heterocycles. The number of dihydropyridines is 1. The van der Waals surface area contributed by atoms with Gasteiger partial charge in [-0.25, -0.2) is 0 Å². The number of likely N-dealkylation sites (N-methyl/N-ethyl adjacent to an activating group) is 1. The molecule has 104 valence electrons. The van der Waals surface area contributed by atoms with E-state index in [9.17, 15) is 4.79 Å². The first-order valence-corrected chi connectivity index (χ1v) is 7.11. The zero-order valence-corrected chi connectivity index (χ0v) is 11.9. The Kier molecular flexibility index (Phi) is 3.22. The summed E-state index contributed by atoms with van der Waals surface area (Å²) >= 11 is 0. The number of carbonyl (C=O) groups is 1. The van der Waals surface area contributed by atoms with Crippen molar-refractivity contribution in [1.82, 2.24) is 5.32 Å². The van der Waals surface area contributed by atoms with Gasteiger partial charge in [-0.2, -0.15) is 0 Å². The van der Waals surface area contributed by atoms with Crippen molar-refractivity contribution in [2.45, 2.75) is 13.8 Å². The molecule has 1 amide bonds. The van der Waals surface area contributed by atoms with Gasteiger partial charge in [0.05, 0.1) is 16.9 Å². The number of amides is 1. The summed E-state index contributed by atoms with van der Waals surface area (Å²) in [5, 5.41) is 3.35. The molecule has 0 bridgehead atoms. The third kappa shape index (κ3) is 1.80. The number of fused-ring (bicyclic) bond motifs is 1. The molecule has 4 heteroatoms. The largest absolute Gasteiger partial charge is 0.367 e. The van der Waals surface area contributed by atoms with E-state index in [1.165, 1.54) is 0 Å². The SMILES string of the molecule is CCN1C(=O)C2=C(NCC=C2)N(CC)c2ccccc21. The summed E-state index contributed by atoms with van der Waals surface area (Å²) in [6.07, 6.45) is 3.93. The molecule has 3 rings (SSSR count). The number of carbonyl (C=O) groups excluding carboxylic acids is 1. The Morgan fingerprint density at radius 2 is 1.75 bits per heavy atom. The van der Waals surface area contributed by atoms with E-state index in [1.54, 1.807) is 0 Å². The number of para-hydroxylation sites is 2. The highest BCUT2D eigenvalue weighted by atomic mass is 16.2. The van der Waals surface area contributed by atoms with E-state index in [0.717, 1.165) is 35.9 Å². The second-order valence-electron chi connectivity index (χ2n) is 4.83. The standard InChI is InChI=1S/C16H19N3O/c1-3-18-13-9-5-6-10-14(13)19(4-2)16(20)12-8-7-11-17-15(12)18/h5-10,17H,3-4,11H2,1-2H3. The fraction of sp³-hybridized carbons (Fsp3) is 0.312. The zero-order chi connectivity index (χ0) is 14.1. The number of benzene rings is 1. The van der Waals surface area contributed by atoms with Crippen LogP contribution in [0.25, 0.3) is 0 Å². The molecule has 4 nitrogen and oxygen atoms in total. The number of nitrogens with zero attached hydrogens (tertiary/aromatic N) is 2. The Hall–Kier alpha value is -2.23. The summed E-state index contributed by atoms with van der Waals surface area (Å²) < 4.78 is 0. The average Bonchev–Trinajstić information content (AvgIpc) is 2.60. The monoisotopic (exact) mass is 269 g/mol. The van der Waals surface area contributed by atoms with E-state index < -0.39 is 0 Å². The highest BCUT2D eigenvalue weighted by Crippen LogP contribution is 2.36. The topological polar surface area (TPSA) is 35.6 Å². The van der Waals surface area contributed by atoms with E-state index in [4.69, 9.17) is 0 Å². The molecule has 0 radical (unpaired) electrons. The summed E-state index contributed by atoms with van der Waals surface area (Å²) in [5.74, 6) is 0.984. The Balaban J connectivity index is 2.25. The molecule has 1 aromatic rings. The van der Waals surface area contributed by atoms with E-state index >= 15 is 0 Å². The van der Waals surface area contributed by atoms with Crippen LogP contribution in [-0.2, 0) is 4.79 Å². The van der Waals surface area contributed by atoms with Gasteiger partial charge in [-0.15, -0.1) is 0 Å². The predicted molar refractivity (Wildman–Crippen MR) is 81.7 cm³/mol. The maximum Gasteiger partial charge on any atom is 0.261 e. The van der Waals surface area contributed by atoms with Gasteiger partial charge in [-0.05, 0) is 32.1 Å². The Bertz CT molecular complexity index is 603. The summed E-state index contributed by atoms with van der Waals surface area (Å²) in [6, 6.07) is 8.09. The van der Waals surface area contributed by atoms with Gasteiger partial charge in [-0.1, -0.05) is 18.2 Å². The van der Waals surface area contributed by atoms with Crippen LogP contribution in [0.5, 0.6) is 0 Å². The molecule has 1 N–H and O–H groups in total. The second kappa shape index (κ2) is 5.04. The lowest BCUT2D eigenvalue weighted by atomic mass is 10.1. The Morgan fingerprint density at radius 1 is 1.10 bits per heavy atom. The van der Waals surface area contributed by atoms with E-state index in [0.29, 0.717) is 6.54 Å². The highest BCUT2D eigenvalue weighted by molar-refractivity contribution is 6.11. The predicted octanol–water partition coefficient (Wildman–Crippen LogP) is 2.25. The molecule has 1 aromatic carbocycles. The van der Waals surface area contributed by atoms with Gasteiger partial charge < -0.3 is 15.1 Å². The molecule has 0 aliphatic carbocycles. The lowest BCUT2D eigenvalue weighted by Crippen LogP contribution is -2.36. The molecule has 0 aromatic heterocycles. The molecule has 0 spiro atoms. The number of anilines is 2. The highest BCUT2D eigenvalue weighted by Gasteiger charge is 2.31. The molecule has 0 saturated heterocycles. The zero-order valence-electron chi connectivity index (χ0n) is 11.9. The van der Waals surface area contributed by atoms with Crippen LogP contribution in [0.1, 0.15) is 13.8 Å². The van der Waals surface area contributed by atoms with Crippen LogP contribution in [0.4, 0.5) is 11.4 Å². The van der Waals surface area contributed by atoms with Gasteiger partial charge in [-0.3, -0.25) is 4.79 Å². The number of rotatable bonds is 2. The van der Waals surface area contributed by atoms with Gasteiger partial charge in [0, 0.05) is 19.6 Å². The third-order valence-corrected chi connectivity index (χ3v) is 3.77. The molecular formula is C16H19N3O. The first-order valence-electron chi connectivity index (χ1n) is 7.11. The molecule has 0 fully saturated rings. The summed E-state index contributed by atoms with van der Waals surface area (Å²) in [6.45, 7) is 6.36. The van der Waals surface area contributed by atoms with Crippen molar-refractivity contribution >= 4 is 17.3 Å². The second-order valence-corrected chi connectivity index (χ2v) is 4.83. The van der Waals surface area contributed by atoms with Crippen molar-refractivity contribution in [3.8, 4) is 0 Å². The summed E-state index contributed by atoms with van der Waals surface area (Å²) in [4.78, 5) is 16.8. The van der Waals surface area contributed by atoms with Gasteiger partial charge in [0.2, 0.25) is 0 Å². The maximum atomic E-state index is 12.8. The molecule has 0 unspecified atom stereocenters. The Morgan fingerprint density at radius 3 is 2.40 bits per heavy atom. The molecule has 2 aliphatic rings. The lowest BCUT2D eigenvalue weighted by molar-refractivity contribution is -0.114. The van der Waals surface area contributed by atoms with Crippen LogP contribution >= 0.6 is 0 Å². The smallest absolute Gasteiger partial charge is 0.261 e. The molecule has 0 saturated carbocycles. The molecule has 0 atom stereocenters. The van der Waals surface area contributed by atoms with Crippen LogP contribution in [0.3, 0.4) is 0 Å². The van der Waals surface area contributed by atoms with E-state index in [-0.39, 0.29) is 5.91 Å². The van der Waals surface area contributed by atoms with Crippen LogP contribution < -0.4 is 15.1 Å². The van der Waals surface area contributed by atoms with Crippen LogP contribution in [0, 0.1) is 0 Å². The summed E-state index contributed by atoms with van der Waals surface area (Å²) in [7, 11) is 0. The fourth-order valence-electron chi connectivity index (χ4n) is 2.86. The van der Waals surface area contributed by atoms with Crippen molar-refractivity contribution in [1.29, 1.82) is 0 Å². The molecule has 2 aliphatic heterocycles. The van der Waals surface area contributed by atoms with E-state index in [2.05, 4.69) is 23.2 Å². The van der Waals surface area contributed by atoms with Gasteiger partial charge in [0.15, 0.2) is 0 Å². The average molecular weight is 269 g/mol. The summed E-state index contributed by atoms with van der Waals surface area (Å²) in [5.41, 5.74) is 2.81. The van der Waals surface area contributed by atoms with Crippen molar-refractivity contribution in [3.63, 3.8) is 0 Å². The van der Waals surface area contributed by atoms with Crippen molar-refractivity contribution in [2.75, 3.05) is 29.4 Å². The lowest BCUT2D eigenvalue weighted by Gasteiger charge is -2.28. The van der Waals surface area contributed by atoms with Crippen LogP contribution in [-0.4, -0.2) is 25.5 Å². The first kappa shape index (κ1) is 12.8. The van der Waals surface area contributed by atoms with Crippen LogP contribution in [0.2, 0.25) is 0 Å². The molecule has 20 heavy (non-hydrogen) atoms. The van der Waals surface area contributed by atoms with Crippen LogP contribution in [0.15, 0.2) is 47.8 Å². The normalized spacial score (nSPS) is 17.6. The maximum absolute atomic E-state index is 12.8. The van der Waals surface area contributed by atoms with E-state index in [1.807, 2.05) is 42.2 Å². The number of hydrogen-bond acceptors (Lipinski definition) is 3. The third-order valence-electron chi connectivity index (χ3n) is 3.77. The minimum Gasteiger partial charge on any atom is -0.367 e. The van der Waals surface area contributed by atoms with Gasteiger partial charge in [0.25, 0.3) is 5.91 Å². The van der Waals surface area contributed by atoms with Gasteiger partial charge in [0.1, 0.15) is 5.82 Å². The molecular weight excluding hydrogens is 250 g/mol. The van der Waals surface area contributed by atoms with Gasteiger partial charge >= 0.3 is 0 Å².